The lowest BCUT2D eigenvalue weighted by Gasteiger charge is -2.73. The van der Waals surface area contributed by atoms with Gasteiger partial charge in [-0.15, -0.1) is 0 Å². The molecule has 23 atom stereocenters. The quantitative estimate of drug-likeness (QED) is 0.170. The molecule has 2 saturated heterocycles. The maximum absolute atomic E-state index is 4.13. The van der Waals surface area contributed by atoms with Gasteiger partial charge in [0, 0.05) is 54.4 Å². The van der Waals surface area contributed by atoms with E-state index >= 15 is 0 Å². The topological polar surface area (TPSA) is 9.72 Å². The summed E-state index contributed by atoms with van der Waals surface area (Å²) in [4.78, 5) is 12.0. The molecule has 21 rings (SSSR count). The molecular weight excluding hydrogens is 1400 g/mol. The first-order valence-corrected chi connectivity index (χ1v) is 56.1. The smallest absolute Gasteiger partial charge is 0.156 e. The van der Waals surface area contributed by atoms with Gasteiger partial charge in [0.1, 0.15) is 0 Å². The summed E-state index contributed by atoms with van der Waals surface area (Å²) in [5.41, 5.74) is 0.783. The second kappa shape index (κ2) is 35.9. The van der Waals surface area contributed by atoms with Crippen LogP contribution in [-0.4, -0.2) is 75.8 Å². The van der Waals surface area contributed by atoms with Crippen molar-refractivity contribution in [3.05, 3.63) is 0 Å². The molecule has 116 heavy (non-hydrogen) atoms. The molecule has 23 unspecified atom stereocenters. The first-order valence-electron chi connectivity index (χ1n) is 56.1. The highest BCUT2D eigenvalue weighted by Gasteiger charge is 2.71. The minimum Gasteiger partial charge on any atom is -0.295 e. The van der Waals surface area contributed by atoms with Crippen LogP contribution in [0.3, 0.4) is 0 Å². The first-order chi connectivity index (χ1) is 56.8. The lowest BCUT2D eigenvalue weighted by molar-refractivity contribution is -0.163. The maximum Gasteiger partial charge on any atom is 0.156 e. The van der Waals surface area contributed by atoms with E-state index < -0.39 is 0 Å². The van der Waals surface area contributed by atoms with E-state index in [2.05, 4.69) is 56.2 Å². The zero-order chi connectivity index (χ0) is 77.9. The van der Waals surface area contributed by atoms with Crippen molar-refractivity contribution >= 4 is 6.71 Å². The normalized spacial score (nSPS) is 48.2. The summed E-state index contributed by atoms with van der Waals surface area (Å²) in [5.74, 6) is 29.1. The summed E-state index contributed by atoms with van der Waals surface area (Å²) in [5, 5.41) is 0. The van der Waals surface area contributed by atoms with Crippen molar-refractivity contribution in [1.29, 1.82) is 0 Å². The molecule has 0 bridgehead atoms. The Morgan fingerprint density at radius 2 is 0.534 bits per heavy atom. The number of hydrogen-bond donors (Lipinski definition) is 0. The number of nitrogens with zero attached hydrogens (tertiary/aromatic N) is 3. The summed E-state index contributed by atoms with van der Waals surface area (Å²) in [7, 11) is 0. The fourth-order valence-corrected chi connectivity index (χ4v) is 41.3. The second-order valence-electron chi connectivity index (χ2n) is 52.3. The van der Waals surface area contributed by atoms with Gasteiger partial charge < -0.3 is 0 Å². The van der Waals surface area contributed by atoms with E-state index in [9.17, 15) is 0 Å². The van der Waals surface area contributed by atoms with Gasteiger partial charge >= 0.3 is 0 Å². The molecule has 0 aromatic carbocycles. The highest BCUT2D eigenvalue weighted by atomic mass is 15.3. The van der Waals surface area contributed by atoms with Gasteiger partial charge in [-0.3, -0.25) is 14.7 Å². The van der Waals surface area contributed by atoms with Crippen LogP contribution in [0.4, 0.5) is 0 Å². The Labute approximate surface area is 718 Å². The van der Waals surface area contributed by atoms with Gasteiger partial charge in [0.15, 0.2) is 6.71 Å². The number of fused-ring (bicyclic) bond motifs is 6. The third-order valence-electron chi connectivity index (χ3n) is 45.9. The molecule has 3 nitrogen and oxygen atoms in total. The minimum absolute atomic E-state index is 0.389. The van der Waals surface area contributed by atoms with E-state index in [1.807, 2.05) is 0 Å². The van der Waals surface area contributed by atoms with Gasteiger partial charge in [-0.2, -0.15) is 0 Å². The highest BCUT2D eigenvalue weighted by Crippen LogP contribution is 2.72. The van der Waals surface area contributed by atoms with E-state index in [1.54, 1.807) is 379 Å². The van der Waals surface area contributed by atoms with E-state index in [-0.39, 0.29) is 0 Å². The minimum atomic E-state index is 0.389. The van der Waals surface area contributed by atoms with Gasteiger partial charge in [-0.25, -0.2) is 0 Å². The van der Waals surface area contributed by atoms with Crippen molar-refractivity contribution in [2.45, 2.75) is 537 Å². The zero-order valence-electron chi connectivity index (χ0n) is 77.5. The van der Waals surface area contributed by atoms with Crippen molar-refractivity contribution in [3.8, 4) is 0 Å². The molecule has 19 saturated carbocycles. The second-order valence-corrected chi connectivity index (χ2v) is 52.3. The predicted octanol–water partition coefficient (Wildman–Crippen LogP) is 31.0. The Morgan fingerprint density at radius 3 is 0.957 bits per heavy atom. The average molecular weight is 1590 g/mol. The molecule has 21 aliphatic rings. The van der Waals surface area contributed by atoms with Gasteiger partial charge in [0.25, 0.3) is 0 Å². The summed E-state index contributed by atoms with van der Waals surface area (Å²) in [6, 6.07) is 7.38. The van der Waals surface area contributed by atoms with Crippen molar-refractivity contribution < 1.29 is 0 Å². The lowest BCUT2D eigenvalue weighted by Crippen LogP contribution is -2.78. The third-order valence-corrected chi connectivity index (χ3v) is 45.9. The molecule has 654 valence electrons. The monoisotopic (exact) mass is 1590 g/mol. The van der Waals surface area contributed by atoms with Crippen LogP contribution in [0.1, 0.15) is 465 Å². The summed E-state index contributed by atoms with van der Waals surface area (Å²) < 4.78 is 0. The molecule has 0 aromatic heterocycles. The Balaban J connectivity index is 0.755. The van der Waals surface area contributed by atoms with Gasteiger partial charge in [0.05, 0.1) is 0 Å². The molecule has 2 aliphatic heterocycles. The molecule has 4 heteroatoms. The largest absolute Gasteiger partial charge is 0.295 e. The standard InChI is InChI=1S/C112H188BN3/c1-111(2,3)85-67-96(78-37-20-10-21-38-78)109(97(68-85)79-39-22-11-23-40-79)115-102-64-56-83(75-35-18-9-19-36-75)65-101(102)113-100-63-55-84(90-61-62-95-93-48-29-46-82-45-28-47-92(106(82)93)94-50-30-49-91(90)107(94)95)66-103(100)116(110-98(80-41-24-12-25-42-80)69-86(112(4,5)6)70-99(110)81-43-26-13-27-44-81)105-72-89(71-104(115)108(105)113)114(87-57-51-76(52-58-87)73-31-14-7-15-32-73)88-59-53-77(54-60-88)74-33-16-8-17-34-74/h73-110H,7-72H2,1-6H3. The van der Waals surface area contributed by atoms with E-state index in [4.69, 9.17) is 0 Å². The van der Waals surface area contributed by atoms with Crippen LogP contribution in [0.15, 0.2) is 0 Å². The van der Waals surface area contributed by atoms with Crippen LogP contribution in [0.5, 0.6) is 0 Å². The van der Waals surface area contributed by atoms with Gasteiger partial charge in [0.2, 0.25) is 0 Å². The van der Waals surface area contributed by atoms with Crippen LogP contribution in [0.2, 0.25) is 17.5 Å². The van der Waals surface area contributed by atoms with Crippen LogP contribution in [0, 0.1) is 165 Å². The van der Waals surface area contributed by atoms with Gasteiger partial charge in [-0.1, -0.05) is 318 Å². The molecule has 0 N–H and O–H groups in total. The maximum atomic E-state index is 4.13. The Kier molecular flexibility index (Phi) is 25.6. The SMILES string of the molecule is CC(C)(C)C1CC(C2CCCCC2)C(N2C3CCC(C4CCCCC4)CC3B3C4CCC(C5CCC6C7CCCC8CCCC(C9CCCC5C96)C87)CC4N(C4C(C5CCCCC5)CC(C(C)(C)C)CC4C4CCCCC4)C4CC(N(C5CCC(C6CCCCC6)CC5)C5CCC(C6CCCCC6)CC5)CC2C34)C(C2CCCCC2)C1. The molecule has 0 aromatic rings. The lowest BCUT2D eigenvalue weighted by atomic mass is 9.18. The summed E-state index contributed by atoms with van der Waals surface area (Å²) >= 11 is 0. The summed E-state index contributed by atoms with van der Waals surface area (Å²) in [6.45, 7) is 17.8. The highest BCUT2D eigenvalue weighted by molar-refractivity contribution is 6.65. The Morgan fingerprint density at radius 1 is 0.207 bits per heavy atom. The fourth-order valence-electron chi connectivity index (χ4n) is 41.3. The number of hydrogen-bond acceptors (Lipinski definition) is 3. The van der Waals surface area contributed by atoms with Gasteiger partial charge in [-0.05, 0) is 330 Å². The van der Waals surface area contributed by atoms with Crippen molar-refractivity contribution in [3.63, 3.8) is 0 Å². The van der Waals surface area contributed by atoms with E-state index in [0.29, 0.717) is 10.8 Å². The Bertz CT molecular complexity index is 2970. The first kappa shape index (κ1) is 82.9. The van der Waals surface area contributed by atoms with Crippen LogP contribution in [0.25, 0.3) is 0 Å². The van der Waals surface area contributed by atoms with Crippen molar-refractivity contribution in [2.24, 2.45) is 165 Å². The van der Waals surface area contributed by atoms with Crippen LogP contribution in [-0.2, 0) is 0 Å². The van der Waals surface area contributed by atoms with Crippen molar-refractivity contribution in [1.82, 2.24) is 14.7 Å². The van der Waals surface area contributed by atoms with E-state index in [0.717, 1.165) is 232 Å². The fraction of sp³-hybridized carbons (Fsp3) is 1.00. The Hall–Kier alpha value is -0.0551. The molecule has 19 aliphatic carbocycles. The molecule has 0 radical (unpaired) electrons. The number of rotatable bonds is 13. The summed E-state index contributed by atoms with van der Waals surface area (Å²) in [6.07, 6.45) is 105. The molecule has 0 amide bonds. The van der Waals surface area contributed by atoms with Crippen LogP contribution >= 0.6 is 0 Å². The van der Waals surface area contributed by atoms with Crippen molar-refractivity contribution in [2.75, 3.05) is 0 Å². The molecule has 2 heterocycles. The molecule has 21 fully saturated rings. The third kappa shape index (κ3) is 16.0. The predicted molar refractivity (Wildman–Crippen MR) is 491 cm³/mol. The molecular formula is C112H188BN3. The van der Waals surface area contributed by atoms with E-state index in [1.165, 1.54) is 44.9 Å². The average Bonchev–Trinajstić information content (AvgIpc) is 0.686. The zero-order valence-corrected chi connectivity index (χ0v) is 77.5. The molecule has 0 spiro atoms. The van der Waals surface area contributed by atoms with Crippen LogP contribution < -0.4 is 0 Å².